The van der Waals surface area contributed by atoms with Gasteiger partial charge in [0, 0.05) is 11.6 Å². The molecule has 2 heterocycles. The summed E-state index contributed by atoms with van der Waals surface area (Å²) in [7, 11) is 0. The van der Waals surface area contributed by atoms with Crippen molar-refractivity contribution in [2.24, 2.45) is 11.5 Å². The van der Waals surface area contributed by atoms with Crippen LogP contribution in [0, 0.1) is 20.8 Å². The van der Waals surface area contributed by atoms with Gasteiger partial charge in [0.15, 0.2) is 11.5 Å². The lowest BCUT2D eigenvalue weighted by atomic mass is 10.1. The molecule has 0 spiro atoms. The SMILES string of the molecule is CCO/C(N)=C/C=C(\N)NC=O.Cc1ccccc1-c1ccc2nc(C)c(C)n2n1. The number of imidazole rings is 1. The van der Waals surface area contributed by atoms with E-state index >= 15 is 0 Å². The number of amides is 1. The van der Waals surface area contributed by atoms with Crippen LogP contribution in [0.5, 0.6) is 0 Å². The van der Waals surface area contributed by atoms with Crippen LogP contribution in [-0.2, 0) is 9.53 Å². The maximum atomic E-state index is 9.87. The first-order valence-corrected chi connectivity index (χ1v) is 9.52. The Morgan fingerprint density at radius 3 is 2.53 bits per heavy atom. The van der Waals surface area contributed by atoms with Gasteiger partial charge in [0.05, 0.1) is 23.7 Å². The molecule has 5 N–H and O–H groups in total. The molecule has 30 heavy (non-hydrogen) atoms. The van der Waals surface area contributed by atoms with Crippen LogP contribution in [0.15, 0.2) is 60.3 Å². The normalized spacial score (nSPS) is 11.6. The molecular weight excluding hydrogens is 380 g/mol. The largest absolute Gasteiger partial charge is 0.480 e. The highest BCUT2D eigenvalue weighted by Gasteiger charge is 2.08. The van der Waals surface area contributed by atoms with Crippen molar-refractivity contribution in [3.63, 3.8) is 0 Å². The zero-order valence-electron chi connectivity index (χ0n) is 17.7. The first kappa shape index (κ1) is 22.5. The fourth-order valence-electron chi connectivity index (χ4n) is 2.66. The van der Waals surface area contributed by atoms with E-state index in [0.717, 1.165) is 22.7 Å². The third kappa shape index (κ3) is 5.84. The summed E-state index contributed by atoms with van der Waals surface area (Å²) in [5.74, 6) is 0.473. The van der Waals surface area contributed by atoms with Gasteiger partial charge in [0.25, 0.3) is 0 Å². The molecule has 2 aromatic heterocycles. The van der Waals surface area contributed by atoms with Crippen molar-refractivity contribution >= 4 is 12.1 Å². The van der Waals surface area contributed by atoms with Crippen molar-refractivity contribution in [2.45, 2.75) is 27.7 Å². The lowest BCUT2D eigenvalue weighted by Gasteiger charge is -2.05. The Balaban J connectivity index is 0.000000235. The zero-order valence-corrected chi connectivity index (χ0v) is 17.7. The topological polar surface area (TPSA) is 121 Å². The lowest BCUT2D eigenvalue weighted by Crippen LogP contribution is -2.17. The number of nitrogens with one attached hydrogen (secondary N) is 1. The van der Waals surface area contributed by atoms with Crippen molar-refractivity contribution < 1.29 is 9.53 Å². The summed E-state index contributed by atoms with van der Waals surface area (Å²) in [5.41, 5.74) is 17.1. The van der Waals surface area contributed by atoms with Crippen molar-refractivity contribution in [2.75, 3.05) is 6.61 Å². The number of carbonyl (C=O) groups is 1. The molecule has 3 rings (SSSR count). The zero-order chi connectivity index (χ0) is 22.1. The molecule has 158 valence electrons. The van der Waals surface area contributed by atoms with E-state index in [9.17, 15) is 4.79 Å². The van der Waals surface area contributed by atoms with E-state index in [2.05, 4.69) is 34.5 Å². The Kier molecular flexibility index (Phi) is 7.99. The Morgan fingerprint density at radius 1 is 1.13 bits per heavy atom. The molecule has 8 heteroatoms. The molecule has 0 aliphatic carbocycles. The third-order valence-corrected chi connectivity index (χ3v) is 4.32. The number of aromatic nitrogens is 3. The summed E-state index contributed by atoms with van der Waals surface area (Å²) >= 11 is 0. The summed E-state index contributed by atoms with van der Waals surface area (Å²) in [6.45, 7) is 8.48. The number of aryl methyl sites for hydroxylation is 3. The third-order valence-electron chi connectivity index (χ3n) is 4.32. The van der Waals surface area contributed by atoms with Crippen LogP contribution in [0.3, 0.4) is 0 Å². The van der Waals surface area contributed by atoms with Crippen molar-refractivity contribution in [3.05, 3.63) is 77.2 Å². The van der Waals surface area contributed by atoms with Gasteiger partial charge in [-0.1, -0.05) is 24.3 Å². The minimum absolute atomic E-state index is 0.215. The number of hydrogen-bond acceptors (Lipinski definition) is 6. The van der Waals surface area contributed by atoms with Crippen molar-refractivity contribution in [1.82, 2.24) is 19.9 Å². The first-order chi connectivity index (χ1) is 14.4. The molecule has 0 aliphatic heterocycles. The summed E-state index contributed by atoms with van der Waals surface area (Å²) < 4.78 is 6.81. The fourth-order valence-corrected chi connectivity index (χ4v) is 2.66. The predicted octanol–water partition coefficient (Wildman–Crippen LogP) is 2.69. The minimum Gasteiger partial charge on any atom is -0.480 e. The van der Waals surface area contributed by atoms with E-state index in [1.54, 1.807) is 0 Å². The van der Waals surface area contributed by atoms with Crippen LogP contribution < -0.4 is 16.8 Å². The Bertz CT molecular complexity index is 1070. The van der Waals surface area contributed by atoms with Crippen LogP contribution in [-0.4, -0.2) is 27.6 Å². The molecule has 0 aliphatic rings. The molecule has 0 unspecified atom stereocenters. The number of benzene rings is 1. The molecule has 0 saturated carbocycles. The van der Waals surface area contributed by atoms with E-state index in [4.69, 9.17) is 16.2 Å². The molecule has 0 radical (unpaired) electrons. The van der Waals surface area contributed by atoms with Crippen molar-refractivity contribution in [3.8, 4) is 11.3 Å². The molecular formula is C22H28N6O2. The number of hydrogen-bond donors (Lipinski definition) is 3. The second kappa shape index (κ2) is 10.7. The molecule has 1 aromatic carbocycles. The van der Waals surface area contributed by atoms with Crippen LogP contribution in [0.4, 0.5) is 0 Å². The van der Waals surface area contributed by atoms with Crippen LogP contribution in [0.25, 0.3) is 16.9 Å². The number of fused-ring (bicyclic) bond motifs is 1. The van der Waals surface area contributed by atoms with Gasteiger partial charge in [-0.15, -0.1) is 0 Å². The van der Waals surface area contributed by atoms with Gasteiger partial charge in [0.2, 0.25) is 6.41 Å². The number of ether oxygens (including phenoxy) is 1. The van der Waals surface area contributed by atoms with Gasteiger partial charge in [0.1, 0.15) is 5.82 Å². The number of rotatable bonds is 6. The summed E-state index contributed by atoms with van der Waals surface area (Å²) in [5, 5.41) is 6.93. The molecule has 1 amide bonds. The van der Waals surface area contributed by atoms with Crippen LogP contribution >= 0.6 is 0 Å². The quantitative estimate of drug-likeness (QED) is 0.328. The Labute approximate surface area is 176 Å². The van der Waals surface area contributed by atoms with Gasteiger partial charge >= 0.3 is 0 Å². The average Bonchev–Trinajstić information content (AvgIpc) is 3.01. The van der Waals surface area contributed by atoms with E-state index in [-0.39, 0.29) is 11.7 Å². The fraction of sp³-hybridized carbons (Fsp3) is 0.227. The van der Waals surface area contributed by atoms with Gasteiger partial charge in [-0.25, -0.2) is 9.50 Å². The number of allylic oxidation sites excluding steroid dienone is 2. The maximum absolute atomic E-state index is 9.87. The second-order valence-corrected chi connectivity index (χ2v) is 6.47. The molecule has 0 fully saturated rings. The summed E-state index contributed by atoms with van der Waals surface area (Å²) in [4.78, 5) is 14.3. The van der Waals surface area contributed by atoms with Crippen LogP contribution in [0.1, 0.15) is 23.9 Å². The molecule has 0 atom stereocenters. The number of carbonyl (C=O) groups excluding carboxylic acids is 1. The molecule has 0 bridgehead atoms. The number of nitrogens with two attached hydrogens (primary N) is 2. The highest BCUT2D eigenvalue weighted by atomic mass is 16.5. The van der Waals surface area contributed by atoms with E-state index < -0.39 is 0 Å². The highest BCUT2D eigenvalue weighted by Crippen LogP contribution is 2.21. The van der Waals surface area contributed by atoms with Gasteiger partial charge < -0.3 is 21.5 Å². The van der Waals surface area contributed by atoms with E-state index in [0.29, 0.717) is 13.0 Å². The minimum atomic E-state index is 0.215. The predicted molar refractivity (Wildman–Crippen MR) is 118 cm³/mol. The Hall–Kier alpha value is -3.81. The van der Waals surface area contributed by atoms with E-state index in [1.165, 1.54) is 23.3 Å². The van der Waals surface area contributed by atoms with Gasteiger partial charge in [-0.05, 0) is 51.5 Å². The monoisotopic (exact) mass is 408 g/mol. The second-order valence-electron chi connectivity index (χ2n) is 6.47. The highest BCUT2D eigenvalue weighted by molar-refractivity contribution is 5.64. The van der Waals surface area contributed by atoms with Gasteiger partial charge in [-0.3, -0.25) is 4.79 Å². The number of nitrogens with zero attached hydrogens (tertiary/aromatic N) is 3. The average molecular weight is 409 g/mol. The lowest BCUT2D eigenvalue weighted by molar-refractivity contribution is -0.108. The summed E-state index contributed by atoms with van der Waals surface area (Å²) in [6, 6.07) is 12.3. The maximum Gasteiger partial charge on any atom is 0.212 e. The Morgan fingerprint density at radius 2 is 1.87 bits per heavy atom. The molecule has 0 saturated heterocycles. The van der Waals surface area contributed by atoms with E-state index in [1.807, 2.05) is 49.6 Å². The molecule has 3 aromatic rings. The molecule has 8 nitrogen and oxygen atoms in total. The summed E-state index contributed by atoms with van der Waals surface area (Å²) in [6.07, 6.45) is 3.39. The smallest absolute Gasteiger partial charge is 0.212 e. The first-order valence-electron chi connectivity index (χ1n) is 9.52. The van der Waals surface area contributed by atoms with Crippen molar-refractivity contribution in [1.29, 1.82) is 0 Å². The van der Waals surface area contributed by atoms with Gasteiger partial charge in [-0.2, -0.15) is 5.10 Å². The standard InChI is InChI=1S/C15H15N3.C7H13N3O2/c1-10-6-4-5-7-13(10)14-8-9-15-16-11(2)12(3)18(15)17-14;1-2-12-7(9)4-3-6(8)10-5-11/h4-9H,1-3H3;3-5H,2,8-9H2,1H3,(H,10,11)/b;6-3+,7-4+. The van der Waals surface area contributed by atoms with Crippen LogP contribution in [0.2, 0.25) is 0 Å².